The molecule has 0 saturated carbocycles. The minimum atomic E-state index is -3.43. The third-order valence-electron chi connectivity index (χ3n) is 9.08. The number of benzene rings is 2. The number of nitrogens with zero attached hydrogens (tertiary/aromatic N) is 8. The quantitative estimate of drug-likeness (QED) is 0.178. The molecule has 0 saturated heterocycles. The van der Waals surface area contributed by atoms with Gasteiger partial charge in [0.05, 0.1) is 73.8 Å². The Kier molecular flexibility index (Phi) is 12.1. The van der Waals surface area contributed by atoms with Gasteiger partial charge in [-0.1, -0.05) is 35.9 Å². The van der Waals surface area contributed by atoms with Crippen LogP contribution in [0.5, 0.6) is 0 Å². The Morgan fingerprint density at radius 1 is 0.644 bits per heavy atom. The van der Waals surface area contributed by atoms with Gasteiger partial charge in [-0.15, -0.1) is 0 Å². The molecule has 0 unspecified atom stereocenters. The monoisotopic (exact) mass is 859 g/mol. The molecule has 0 bridgehead atoms. The molecule has 308 valence electrons. The number of carbonyl (C=O) groups excluding carboxylic acids is 2. The summed E-state index contributed by atoms with van der Waals surface area (Å²) >= 11 is 6.02. The maximum atomic E-state index is 12.7. The average Bonchev–Trinajstić information content (AvgIpc) is 3.90. The van der Waals surface area contributed by atoms with Crippen LogP contribution >= 0.6 is 11.6 Å². The number of para-hydroxylation sites is 2. The molecule has 2 aromatic carbocycles. The summed E-state index contributed by atoms with van der Waals surface area (Å²) in [5.74, 6) is 0.252. The largest absolute Gasteiger partial charge is 0.382 e. The molecule has 0 atom stereocenters. The van der Waals surface area contributed by atoms with Gasteiger partial charge < -0.3 is 26.2 Å². The molecule has 0 fully saturated rings. The second-order valence-electron chi connectivity index (χ2n) is 14.0. The number of nitrogens with two attached hydrogens (primary N) is 1. The predicted octanol–water partition coefficient (Wildman–Crippen LogP) is 4.61. The number of halogens is 1. The Morgan fingerprint density at radius 3 is 1.56 bits per heavy atom. The Labute approximate surface area is 346 Å². The lowest BCUT2D eigenvalue weighted by Crippen LogP contribution is -2.18. The molecule has 0 radical (unpaired) electrons. The summed E-state index contributed by atoms with van der Waals surface area (Å²) in [7, 11) is 0.228. The molecule has 6 aromatic rings. The zero-order valence-corrected chi connectivity index (χ0v) is 35.4. The first-order valence-corrected chi connectivity index (χ1v) is 22.0. The summed E-state index contributed by atoms with van der Waals surface area (Å²) in [5.41, 5.74) is 10.8. The molecule has 8 rings (SSSR count). The Hall–Kier alpha value is -6.31. The van der Waals surface area contributed by atoms with Crippen molar-refractivity contribution < 1.29 is 26.4 Å². The van der Waals surface area contributed by atoms with Crippen LogP contribution in [0.2, 0.25) is 5.15 Å². The van der Waals surface area contributed by atoms with Gasteiger partial charge in [-0.25, -0.2) is 21.8 Å². The van der Waals surface area contributed by atoms with E-state index in [0.717, 1.165) is 23.9 Å². The zero-order chi connectivity index (χ0) is 42.8. The van der Waals surface area contributed by atoms with Gasteiger partial charge in [-0.2, -0.15) is 10.2 Å². The number of nitrogen functional groups attached to an aromatic ring is 1. The normalized spacial score (nSPS) is 13.3. The van der Waals surface area contributed by atoms with Crippen molar-refractivity contribution in [3.8, 4) is 0 Å². The van der Waals surface area contributed by atoms with E-state index in [4.69, 9.17) is 17.3 Å². The van der Waals surface area contributed by atoms with E-state index in [1.165, 1.54) is 17.0 Å². The van der Waals surface area contributed by atoms with Gasteiger partial charge in [0.1, 0.15) is 11.0 Å². The number of carbonyl (C=O) groups is 2. The number of amides is 2. The maximum Gasteiger partial charge on any atom is 0.257 e. The third-order valence-corrected chi connectivity index (χ3v) is 11.6. The predicted molar refractivity (Wildman–Crippen MR) is 224 cm³/mol. The number of anilines is 5. The Balaban J connectivity index is 0.000000173. The molecule has 20 heteroatoms. The van der Waals surface area contributed by atoms with Gasteiger partial charge in [0, 0.05) is 65.2 Å². The Bertz CT molecular complexity index is 2790. The van der Waals surface area contributed by atoms with Crippen molar-refractivity contribution in [3.05, 3.63) is 124 Å². The molecule has 4 aromatic heterocycles. The van der Waals surface area contributed by atoms with E-state index >= 15 is 0 Å². The zero-order valence-electron chi connectivity index (χ0n) is 33.0. The third kappa shape index (κ3) is 9.87. The van der Waals surface area contributed by atoms with Gasteiger partial charge in [0.25, 0.3) is 11.8 Å². The van der Waals surface area contributed by atoms with Gasteiger partial charge >= 0.3 is 0 Å². The van der Waals surface area contributed by atoms with Gasteiger partial charge in [0.2, 0.25) is 0 Å². The van der Waals surface area contributed by atoms with Crippen LogP contribution in [-0.2, 0) is 53.3 Å². The first-order valence-electron chi connectivity index (χ1n) is 17.9. The lowest BCUT2D eigenvalue weighted by Gasteiger charge is -2.14. The van der Waals surface area contributed by atoms with E-state index in [9.17, 15) is 26.4 Å². The summed E-state index contributed by atoms with van der Waals surface area (Å²) in [6, 6.07) is 20.1. The lowest BCUT2D eigenvalue weighted by molar-refractivity contribution is 0.0809. The van der Waals surface area contributed by atoms with Crippen molar-refractivity contribution in [2.24, 2.45) is 14.1 Å². The minimum Gasteiger partial charge on any atom is -0.382 e. The number of aryl methyl sites for hydroxylation is 2. The van der Waals surface area contributed by atoms with E-state index in [1.807, 2.05) is 26.4 Å². The Morgan fingerprint density at radius 2 is 1.12 bits per heavy atom. The highest BCUT2D eigenvalue weighted by Crippen LogP contribution is 2.35. The maximum absolute atomic E-state index is 12.7. The van der Waals surface area contributed by atoms with Crippen molar-refractivity contribution >= 4 is 71.7 Å². The molecular formula is C39H42ClN11O6S2. The second-order valence-corrected chi connectivity index (χ2v) is 18.3. The molecule has 2 amide bonds. The van der Waals surface area contributed by atoms with Crippen molar-refractivity contribution in [1.82, 2.24) is 39.3 Å². The average molecular weight is 860 g/mol. The number of hydrogen-bond donors (Lipinski definition) is 3. The number of aromatic nitrogens is 6. The molecular weight excluding hydrogens is 818 g/mol. The first kappa shape index (κ1) is 42.3. The summed E-state index contributed by atoms with van der Waals surface area (Å²) in [4.78, 5) is 37.2. The molecule has 59 heavy (non-hydrogen) atoms. The van der Waals surface area contributed by atoms with Crippen LogP contribution in [0.3, 0.4) is 0 Å². The second kappa shape index (κ2) is 16.9. The molecule has 2 aliphatic rings. The highest BCUT2D eigenvalue weighted by molar-refractivity contribution is 7.91. The van der Waals surface area contributed by atoms with E-state index < -0.39 is 19.7 Å². The van der Waals surface area contributed by atoms with Crippen LogP contribution in [0.15, 0.2) is 95.0 Å². The lowest BCUT2D eigenvalue weighted by atomic mass is 10.1. The molecule has 17 nitrogen and oxygen atoms in total. The van der Waals surface area contributed by atoms with Crippen LogP contribution in [0.1, 0.15) is 43.5 Å². The molecule has 2 aliphatic heterocycles. The van der Waals surface area contributed by atoms with Crippen LogP contribution in [0, 0.1) is 0 Å². The fraction of sp³-hybridized carbons (Fsp3) is 0.231. The fourth-order valence-corrected chi connectivity index (χ4v) is 8.34. The summed E-state index contributed by atoms with van der Waals surface area (Å²) < 4.78 is 51.5. The molecule has 0 aliphatic carbocycles. The van der Waals surface area contributed by atoms with E-state index in [0.29, 0.717) is 70.6 Å². The molecule has 6 heterocycles. The number of rotatable bonds is 8. The van der Waals surface area contributed by atoms with E-state index in [-0.39, 0.29) is 26.8 Å². The number of sulfone groups is 2. The van der Waals surface area contributed by atoms with Crippen molar-refractivity contribution in [2.45, 2.75) is 29.3 Å². The van der Waals surface area contributed by atoms with Crippen molar-refractivity contribution in [1.29, 1.82) is 0 Å². The van der Waals surface area contributed by atoms with Gasteiger partial charge in [-0.05, 0) is 48.5 Å². The minimum absolute atomic E-state index is 0.142. The number of pyridine rings is 2. The highest BCUT2D eigenvalue weighted by atomic mass is 35.5. The topological polar surface area (TPSA) is 220 Å². The summed E-state index contributed by atoms with van der Waals surface area (Å²) in [6.07, 6.45) is 6.47. The number of fused-ring (bicyclic) bond motifs is 2. The van der Waals surface area contributed by atoms with Crippen LogP contribution < -0.4 is 16.4 Å². The standard InChI is InChI=1S/C20H21N5O3S.C15H14ClN3O3S.C4H7N3/c1-24-12-17-19(20(24)26)16(11-14(21-17)10-13-8-9-25(2)23-13)22-15-6-4-5-7-18(15)29(3,27)28;1-19-8-11-14(15(19)20)10(7-13(16)18-11)17-9-5-3-4-6-12(9)23(2,21)22;1-7-3-2-4(5)6-7/h4-9,11H,10,12H2,1-3H3,(H,21,22);3-7H,8H2,1-2H3,(H,17,18);2-3H,1H3,(H2,5,6). The van der Waals surface area contributed by atoms with E-state index in [2.05, 4.69) is 30.8 Å². The fourth-order valence-electron chi connectivity index (χ4n) is 6.44. The van der Waals surface area contributed by atoms with Crippen LogP contribution in [0.25, 0.3) is 0 Å². The summed E-state index contributed by atoms with van der Waals surface area (Å²) in [6.45, 7) is 0.782. The SMILES string of the molecule is CN1Cc2nc(Cc3ccn(C)n3)cc(Nc3ccccc3S(C)(=O)=O)c2C1=O.CN1Cc2nc(Cl)cc(Nc3ccccc3S(C)(=O)=O)c2C1=O.Cn1ccc(N)n1. The van der Waals surface area contributed by atoms with E-state index in [1.54, 1.807) is 89.2 Å². The first-order chi connectivity index (χ1) is 27.8. The smallest absolute Gasteiger partial charge is 0.257 e. The highest BCUT2D eigenvalue weighted by Gasteiger charge is 2.31. The summed E-state index contributed by atoms with van der Waals surface area (Å²) in [5, 5.41) is 14.6. The number of nitrogens with one attached hydrogen (secondary N) is 2. The molecule has 0 spiro atoms. The number of hydrogen-bond acceptors (Lipinski definition) is 13. The van der Waals surface area contributed by atoms with Crippen LogP contribution in [0.4, 0.5) is 28.6 Å². The van der Waals surface area contributed by atoms with Crippen molar-refractivity contribution in [2.75, 3.05) is 43.0 Å². The van der Waals surface area contributed by atoms with Gasteiger partial charge in [-0.3, -0.25) is 23.9 Å². The molecule has 4 N–H and O–H groups in total. The van der Waals surface area contributed by atoms with Crippen LogP contribution in [-0.4, -0.2) is 94.6 Å². The van der Waals surface area contributed by atoms with Gasteiger partial charge in [0.15, 0.2) is 19.7 Å². The van der Waals surface area contributed by atoms with Crippen molar-refractivity contribution in [3.63, 3.8) is 0 Å².